The maximum Gasteiger partial charge on any atom is 0.282 e. The average Bonchev–Trinajstić information content (AvgIpc) is 3.26. The Kier molecular flexibility index (Phi) is 3.92. The maximum atomic E-state index is 12.9. The maximum absolute atomic E-state index is 12.9. The first-order valence-corrected chi connectivity index (χ1v) is 9.89. The van der Waals surface area contributed by atoms with Crippen LogP contribution in [0.15, 0.2) is 12.4 Å². The fourth-order valence-corrected chi connectivity index (χ4v) is 5.00. The Morgan fingerprint density at radius 1 is 1.19 bits per heavy atom. The Balaban J connectivity index is 1.59. The van der Waals surface area contributed by atoms with Crippen molar-refractivity contribution in [1.29, 1.82) is 0 Å². The zero-order valence-electron chi connectivity index (χ0n) is 14.8. The van der Waals surface area contributed by atoms with E-state index in [0.717, 1.165) is 28.7 Å². The number of hydrogen-bond acceptors (Lipinski definition) is 5. The van der Waals surface area contributed by atoms with Gasteiger partial charge in [0.2, 0.25) is 0 Å². The van der Waals surface area contributed by atoms with Crippen LogP contribution in [0.3, 0.4) is 0 Å². The minimum atomic E-state index is -2.58. The predicted molar refractivity (Wildman–Crippen MR) is 98.4 cm³/mol. The summed E-state index contributed by atoms with van der Waals surface area (Å²) in [4.78, 5) is 11.7. The van der Waals surface area contributed by atoms with Gasteiger partial charge in [-0.25, -0.2) is 23.3 Å². The van der Waals surface area contributed by atoms with Crippen LogP contribution in [-0.2, 0) is 19.4 Å². The number of rotatable bonds is 3. The second-order valence-electron chi connectivity index (χ2n) is 6.95. The van der Waals surface area contributed by atoms with E-state index in [4.69, 9.17) is 4.98 Å². The second-order valence-corrected chi connectivity index (χ2v) is 8.04. The molecule has 5 rings (SSSR count). The van der Waals surface area contributed by atoms with Crippen molar-refractivity contribution in [2.24, 2.45) is 0 Å². The standard InChI is InChI=1S/C18H18F2N6S/c1-10-7-12(16(19)20)23-25(10)8-14-22-17-15-11-5-3-2-4-6-13(11)27-18(15)21-9-26(17)24-14/h7,9,16H,2-6,8H2,1H3. The first-order chi connectivity index (χ1) is 13.1. The lowest BCUT2D eigenvalue weighted by molar-refractivity contribution is 0.145. The summed E-state index contributed by atoms with van der Waals surface area (Å²) in [7, 11) is 0. The topological polar surface area (TPSA) is 60.9 Å². The van der Waals surface area contributed by atoms with Crippen molar-refractivity contribution < 1.29 is 8.78 Å². The van der Waals surface area contributed by atoms with E-state index >= 15 is 0 Å². The number of halogens is 2. The Morgan fingerprint density at radius 2 is 2.04 bits per heavy atom. The van der Waals surface area contributed by atoms with Gasteiger partial charge in [-0.05, 0) is 44.2 Å². The molecule has 6 nitrogen and oxygen atoms in total. The number of aromatic nitrogens is 6. The highest BCUT2D eigenvalue weighted by Gasteiger charge is 2.20. The van der Waals surface area contributed by atoms with Crippen molar-refractivity contribution in [3.63, 3.8) is 0 Å². The highest BCUT2D eigenvalue weighted by Crippen LogP contribution is 2.36. The molecule has 4 aromatic heterocycles. The molecule has 0 atom stereocenters. The van der Waals surface area contributed by atoms with Crippen molar-refractivity contribution in [3.8, 4) is 0 Å². The number of nitrogens with zero attached hydrogens (tertiary/aromatic N) is 6. The largest absolute Gasteiger partial charge is 0.282 e. The molecule has 1 aliphatic carbocycles. The van der Waals surface area contributed by atoms with Crippen LogP contribution in [0.25, 0.3) is 15.9 Å². The van der Waals surface area contributed by atoms with E-state index in [-0.39, 0.29) is 12.2 Å². The van der Waals surface area contributed by atoms with E-state index in [1.165, 1.54) is 40.5 Å². The van der Waals surface area contributed by atoms with Gasteiger partial charge in [-0.1, -0.05) is 6.42 Å². The van der Waals surface area contributed by atoms with Crippen LogP contribution < -0.4 is 0 Å². The van der Waals surface area contributed by atoms with Gasteiger partial charge < -0.3 is 0 Å². The number of fused-ring (bicyclic) bond motifs is 5. The monoisotopic (exact) mass is 388 g/mol. The predicted octanol–water partition coefficient (Wildman–Crippen LogP) is 4.10. The number of hydrogen-bond donors (Lipinski definition) is 0. The van der Waals surface area contributed by atoms with Gasteiger partial charge in [-0.15, -0.1) is 16.4 Å². The van der Waals surface area contributed by atoms with Gasteiger partial charge in [0.1, 0.15) is 23.4 Å². The molecule has 0 aliphatic heterocycles. The van der Waals surface area contributed by atoms with Crippen LogP contribution in [0.1, 0.15) is 53.3 Å². The summed E-state index contributed by atoms with van der Waals surface area (Å²) in [6.45, 7) is 2.02. The molecule has 4 aromatic rings. The van der Waals surface area contributed by atoms with Crippen LogP contribution in [0.4, 0.5) is 8.78 Å². The van der Waals surface area contributed by atoms with Gasteiger partial charge in [0.05, 0.1) is 5.39 Å². The van der Waals surface area contributed by atoms with E-state index in [9.17, 15) is 8.78 Å². The summed E-state index contributed by atoms with van der Waals surface area (Å²) in [5.74, 6) is 0.546. The van der Waals surface area contributed by atoms with Crippen LogP contribution in [0, 0.1) is 6.92 Å². The summed E-state index contributed by atoms with van der Waals surface area (Å²) >= 11 is 1.76. The van der Waals surface area contributed by atoms with Gasteiger partial charge >= 0.3 is 0 Å². The summed E-state index contributed by atoms with van der Waals surface area (Å²) in [5, 5.41) is 9.58. The van der Waals surface area contributed by atoms with Crippen LogP contribution in [-0.4, -0.2) is 29.4 Å². The van der Waals surface area contributed by atoms with E-state index < -0.39 is 6.43 Å². The molecule has 0 radical (unpaired) electrons. The summed E-state index contributed by atoms with van der Waals surface area (Å²) < 4.78 is 29.0. The summed E-state index contributed by atoms with van der Waals surface area (Å²) in [5.41, 5.74) is 2.61. The molecule has 0 saturated carbocycles. The zero-order valence-corrected chi connectivity index (χ0v) is 15.6. The molecule has 0 aromatic carbocycles. The van der Waals surface area contributed by atoms with Crippen LogP contribution in [0.2, 0.25) is 0 Å². The highest BCUT2D eigenvalue weighted by atomic mass is 32.1. The first kappa shape index (κ1) is 16.7. The lowest BCUT2D eigenvalue weighted by atomic mass is 10.1. The van der Waals surface area contributed by atoms with E-state index in [2.05, 4.69) is 15.2 Å². The van der Waals surface area contributed by atoms with Crippen molar-refractivity contribution >= 4 is 27.2 Å². The number of thiophene rings is 1. The Morgan fingerprint density at radius 3 is 2.85 bits per heavy atom. The van der Waals surface area contributed by atoms with Gasteiger partial charge in [-0.2, -0.15) is 5.10 Å². The fraction of sp³-hybridized carbons (Fsp3) is 0.444. The second kappa shape index (κ2) is 6.33. The lowest BCUT2D eigenvalue weighted by Gasteiger charge is -1.99. The van der Waals surface area contributed by atoms with Crippen LogP contribution in [0.5, 0.6) is 0 Å². The molecule has 1 aliphatic rings. The minimum absolute atomic E-state index is 0.219. The summed E-state index contributed by atoms with van der Waals surface area (Å²) in [6.07, 6.45) is 4.92. The Labute approximate surface area is 157 Å². The number of alkyl halides is 2. The van der Waals surface area contributed by atoms with Gasteiger partial charge in [0.15, 0.2) is 11.5 Å². The van der Waals surface area contributed by atoms with E-state index in [0.29, 0.717) is 11.5 Å². The fourth-order valence-electron chi connectivity index (χ4n) is 3.78. The Bertz CT molecular complexity index is 1140. The third kappa shape index (κ3) is 2.80. The highest BCUT2D eigenvalue weighted by molar-refractivity contribution is 7.19. The van der Waals surface area contributed by atoms with Crippen molar-refractivity contribution in [3.05, 3.63) is 40.0 Å². The van der Waals surface area contributed by atoms with Crippen LogP contribution >= 0.6 is 11.3 Å². The molecule has 0 bridgehead atoms. The molecular formula is C18H18F2N6S. The minimum Gasteiger partial charge on any atom is -0.262 e. The lowest BCUT2D eigenvalue weighted by Crippen LogP contribution is -2.06. The molecular weight excluding hydrogens is 370 g/mol. The smallest absolute Gasteiger partial charge is 0.262 e. The van der Waals surface area contributed by atoms with Gasteiger partial charge in [0.25, 0.3) is 6.43 Å². The Hall–Kier alpha value is -2.42. The molecule has 0 spiro atoms. The molecule has 0 fully saturated rings. The molecule has 4 heterocycles. The van der Waals surface area contributed by atoms with Gasteiger partial charge in [-0.3, -0.25) is 4.68 Å². The molecule has 9 heteroatoms. The number of aryl methyl sites for hydroxylation is 3. The normalized spacial score (nSPS) is 15.0. The third-order valence-electron chi connectivity index (χ3n) is 5.10. The molecule has 140 valence electrons. The SMILES string of the molecule is Cc1cc(C(F)F)nn1Cc1nc2c3c4c(sc3ncn2n1)CCCCC4. The molecule has 27 heavy (non-hydrogen) atoms. The molecule has 0 N–H and O–H groups in total. The molecule has 0 unspecified atom stereocenters. The molecule has 0 amide bonds. The summed E-state index contributed by atoms with van der Waals surface area (Å²) in [6, 6.07) is 1.40. The van der Waals surface area contributed by atoms with Crippen molar-refractivity contribution in [1.82, 2.24) is 29.4 Å². The zero-order chi connectivity index (χ0) is 18.5. The van der Waals surface area contributed by atoms with Crippen molar-refractivity contribution in [2.75, 3.05) is 0 Å². The average molecular weight is 388 g/mol. The van der Waals surface area contributed by atoms with Gasteiger partial charge in [0, 0.05) is 10.6 Å². The third-order valence-corrected chi connectivity index (χ3v) is 6.30. The quantitative estimate of drug-likeness (QED) is 0.496. The van der Waals surface area contributed by atoms with E-state index in [1.807, 2.05) is 0 Å². The van der Waals surface area contributed by atoms with Crippen molar-refractivity contribution in [2.45, 2.75) is 52.0 Å². The van der Waals surface area contributed by atoms with E-state index in [1.54, 1.807) is 29.1 Å². The first-order valence-electron chi connectivity index (χ1n) is 9.07. The molecule has 0 saturated heterocycles.